The number of rotatable bonds is 8. The van der Waals surface area contributed by atoms with Crippen LogP contribution in [-0.2, 0) is 4.74 Å². The van der Waals surface area contributed by atoms with Gasteiger partial charge in [-0.2, -0.15) is 0 Å². The van der Waals surface area contributed by atoms with Crippen molar-refractivity contribution in [1.82, 2.24) is 5.32 Å². The van der Waals surface area contributed by atoms with Crippen LogP contribution in [0, 0.1) is 5.92 Å². The van der Waals surface area contributed by atoms with Gasteiger partial charge < -0.3 is 10.1 Å². The largest absolute Gasteiger partial charge is 0.385 e. The molecule has 0 atom stereocenters. The molecule has 1 N–H and O–H groups in total. The van der Waals surface area contributed by atoms with Gasteiger partial charge in [-0.1, -0.05) is 25.7 Å². The third-order valence-electron chi connectivity index (χ3n) is 3.61. The molecule has 0 spiro atoms. The third kappa shape index (κ3) is 7.24. The molecule has 0 aromatic rings. The second-order valence-corrected chi connectivity index (χ2v) is 5.12. The van der Waals surface area contributed by atoms with Crippen molar-refractivity contribution in [2.24, 2.45) is 5.92 Å². The fourth-order valence-corrected chi connectivity index (χ4v) is 2.55. The summed E-state index contributed by atoms with van der Waals surface area (Å²) in [4.78, 5) is 0. The third-order valence-corrected chi connectivity index (χ3v) is 3.61. The number of ether oxygens (including phenoxy) is 1. The van der Waals surface area contributed by atoms with Crippen molar-refractivity contribution >= 4 is 0 Å². The van der Waals surface area contributed by atoms with E-state index >= 15 is 0 Å². The Morgan fingerprint density at radius 3 is 2.44 bits per heavy atom. The number of nitrogens with one attached hydrogen (secondary N) is 1. The molecule has 0 aromatic heterocycles. The first-order valence-electron chi connectivity index (χ1n) is 7.13. The molecule has 2 nitrogen and oxygen atoms in total. The van der Waals surface area contributed by atoms with E-state index in [4.69, 9.17) is 4.74 Å². The van der Waals surface area contributed by atoms with Gasteiger partial charge in [-0.25, -0.2) is 0 Å². The molecular weight excluding hydrogens is 198 g/mol. The van der Waals surface area contributed by atoms with Gasteiger partial charge in [0.25, 0.3) is 0 Å². The van der Waals surface area contributed by atoms with Crippen molar-refractivity contribution in [1.29, 1.82) is 0 Å². The van der Waals surface area contributed by atoms with Crippen LogP contribution in [0.4, 0.5) is 0 Å². The molecule has 0 unspecified atom stereocenters. The van der Waals surface area contributed by atoms with Crippen molar-refractivity contribution < 1.29 is 4.74 Å². The van der Waals surface area contributed by atoms with Gasteiger partial charge in [0.05, 0.1) is 0 Å². The standard InChI is InChI=1S/C14H29NO/c1-16-12-8-4-7-11-15-13-14-9-5-2-3-6-10-14/h14-15H,2-13H2,1H3. The molecule has 0 radical (unpaired) electrons. The lowest BCUT2D eigenvalue weighted by Crippen LogP contribution is -2.23. The summed E-state index contributed by atoms with van der Waals surface area (Å²) < 4.78 is 5.04. The zero-order valence-electron chi connectivity index (χ0n) is 11.0. The minimum atomic E-state index is 0.919. The van der Waals surface area contributed by atoms with E-state index in [9.17, 15) is 0 Å². The molecule has 1 fully saturated rings. The molecule has 0 saturated heterocycles. The maximum atomic E-state index is 5.04. The first-order chi connectivity index (χ1) is 7.93. The topological polar surface area (TPSA) is 21.3 Å². The molecule has 0 amide bonds. The Bertz CT molecular complexity index is 142. The average Bonchev–Trinajstić information content (AvgIpc) is 2.56. The van der Waals surface area contributed by atoms with Crippen molar-refractivity contribution in [3.05, 3.63) is 0 Å². The second kappa shape index (κ2) is 10.1. The number of methoxy groups -OCH3 is 1. The summed E-state index contributed by atoms with van der Waals surface area (Å²) in [5.74, 6) is 0.960. The molecule has 16 heavy (non-hydrogen) atoms. The molecule has 2 heteroatoms. The molecule has 1 aliphatic rings. The van der Waals surface area contributed by atoms with Crippen LogP contribution in [0.1, 0.15) is 57.8 Å². The Labute approximate surface area is 101 Å². The van der Waals surface area contributed by atoms with E-state index in [1.165, 1.54) is 70.9 Å². The van der Waals surface area contributed by atoms with Gasteiger partial charge in [0.15, 0.2) is 0 Å². The Morgan fingerprint density at radius 1 is 1.00 bits per heavy atom. The highest BCUT2D eigenvalue weighted by Gasteiger charge is 2.10. The van der Waals surface area contributed by atoms with Crippen molar-refractivity contribution in [3.8, 4) is 0 Å². The maximum Gasteiger partial charge on any atom is 0.0462 e. The summed E-state index contributed by atoms with van der Waals surface area (Å²) in [6.07, 6.45) is 12.6. The Morgan fingerprint density at radius 2 is 1.75 bits per heavy atom. The molecule has 0 bridgehead atoms. The van der Waals surface area contributed by atoms with Gasteiger partial charge >= 0.3 is 0 Å². The normalized spacial score (nSPS) is 18.6. The smallest absolute Gasteiger partial charge is 0.0462 e. The Balaban J connectivity index is 1.86. The fraction of sp³-hybridized carbons (Fsp3) is 1.00. The van der Waals surface area contributed by atoms with Gasteiger partial charge in [-0.15, -0.1) is 0 Å². The van der Waals surface area contributed by atoms with Crippen LogP contribution in [0.2, 0.25) is 0 Å². The van der Waals surface area contributed by atoms with Crippen molar-refractivity contribution in [3.63, 3.8) is 0 Å². The summed E-state index contributed by atoms with van der Waals surface area (Å²) in [6.45, 7) is 3.37. The van der Waals surface area contributed by atoms with E-state index in [1.807, 2.05) is 0 Å². The molecule has 1 saturated carbocycles. The lowest BCUT2D eigenvalue weighted by atomic mass is 10.0. The first-order valence-corrected chi connectivity index (χ1v) is 7.13. The van der Waals surface area contributed by atoms with E-state index in [0.29, 0.717) is 0 Å². The first kappa shape index (κ1) is 14.0. The lowest BCUT2D eigenvalue weighted by molar-refractivity contribution is 0.192. The highest BCUT2D eigenvalue weighted by atomic mass is 16.5. The summed E-state index contributed by atoms with van der Waals surface area (Å²) in [5, 5.41) is 3.62. The number of hydrogen-bond acceptors (Lipinski definition) is 2. The Kier molecular flexibility index (Phi) is 8.83. The highest BCUT2D eigenvalue weighted by molar-refractivity contribution is 4.66. The summed E-state index contributed by atoms with van der Waals surface area (Å²) in [5.41, 5.74) is 0. The minimum Gasteiger partial charge on any atom is -0.385 e. The monoisotopic (exact) mass is 227 g/mol. The van der Waals surface area contributed by atoms with E-state index in [1.54, 1.807) is 7.11 Å². The van der Waals surface area contributed by atoms with Crippen LogP contribution in [0.15, 0.2) is 0 Å². The van der Waals surface area contributed by atoms with Crippen LogP contribution < -0.4 is 5.32 Å². The summed E-state index contributed by atoms with van der Waals surface area (Å²) >= 11 is 0. The summed E-state index contributed by atoms with van der Waals surface area (Å²) in [7, 11) is 1.78. The average molecular weight is 227 g/mol. The van der Waals surface area contributed by atoms with Gasteiger partial charge in [-0.05, 0) is 51.1 Å². The van der Waals surface area contributed by atoms with E-state index in [2.05, 4.69) is 5.32 Å². The zero-order valence-corrected chi connectivity index (χ0v) is 11.0. The van der Waals surface area contributed by atoms with Crippen LogP contribution in [0.3, 0.4) is 0 Å². The van der Waals surface area contributed by atoms with E-state index < -0.39 is 0 Å². The van der Waals surface area contributed by atoms with Gasteiger partial charge in [-0.3, -0.25) is 0 Å². The molecule has 0 aliphatic heterocycles. The highest BCUT2D eigenvalue weighted by Crippen LogP contribution is 2.21. The van der Waals surface area contributed by atoms with Crippen LogP contribution in [-0.4, -0.2) is 26.8 Å². The second-order valence-electron chi connectivity index (χ2n) is 5.12. The lowest BCUT2D eigenvalue weighted by Gasteiger charge is -2.14. The molecule has 1 aliphatic carbocycles. The van der Waals surface area contributed by atoms with Gasteiger partial charge in [0, 0.05) is 13.7 Å². The van der Waals surface area contributed by atoms with Crippen LogP contribution >= 0.6 is 0 Å². The molecule has 1 rings (SSSR count). The van der Waals surface area contributed by atoms with Crippen molar-refractivity contribution in [2.75, 3.05) is 26.8 Å². The quantitative estimate of drug-likeness (QED) is 0.507. The minimum absolute atomic E-state index is 0.919. The van der Waals surface area contributed by atoms with Crippen molar-refractivity contribution in [2.45, 2.75) is 57.8 Å². The van der Waals surface area contributed by atoms with E-state index in [-0.39, 0.29) is 0 Å². The van der Waals surface area contributed by atoms with E-state index in [0.717, 1.165) is 12.5 Å². The molecular formula is C14H29NO. The number of unbranched alkanes of at least 4 members (excludes halogenated alkanes) is 2. The zero-order chi connectivity index (χ0) is 11.5. The Hall–Kier alpha value is -0.0800. The van der Waals surface area contributed by atoms with Crippen LogP contribution in [0.5, 0.6) is 0 Å². The predicted molar refractivity (Wildman–Crippen MR) is 69.8 cm³/mol. The predicted octanol–water partition coefficient (Wildman–Crippen LogP) is 3.36. The van der Waals surface area contributed by atoms with Crippen LogP contribution in [0.25, 0.3) is 0 Å². The van der Waals surface area contributed by atoms with Gasteiger partial charge in [0.1, 0.15) is 0 Å². The summed E-state index contributed by atoms with van der Waals surface area (Å²) in [6, 6.07) is 0. The number of hydrogen-bond donors (Lipinski definition) is 1. The molecule has 0 aromatic carbocycles. The SMILES string of the molecule is COCCCCCNCC1CCCCCC1. The molecule has 0 heterocycles. The maximum absolute atomic E-state index is 5.04. The fourth-order valence-electron chi connectivity index (χ4n) is 2.55. The molecule has 96 valence electrons. The van der Waals surface area contributed by atoms with Gasteiger partial charge in [0.2, 0.25) is 0 Å².